The lowest BCUT2D eigenvalue weighted by Crippen LogP contribution is -2.34. The highest BCUT2D eigenvalue weighted by Gasteiger charge is 2.23. The molecule has 0 rings (SSSR count). The molecule has 0 fully saturated rings. The molecule has 3 amide bonds. The predicted molar refractivity (Wildman–Crippen MR) is 466 cm³/mol. The van der Waals surface area contributed by atoms with Crippen molar-refractivity contribution in [3.05, 3.63) is 0 Å². The zero-order chi connectivity index (χ0) is 67.0. The van der Waals surface area contributed by atoms with Crippen molar-refractivity contribution < 1.29 is 33.5 Å². The molecule has 620 valence electrons. The second-order valence-electron chi connectivity index (χ2n) is 38.2. The Hall–Kier alpha value is -2.62. The van der Waals surface area contributed by atoms with Crippen molar-refractivity contribution in [1.82, 2.24) is 16.0 Å². The lowest BCUT2D eigenvalue weighted by atomic mass is 9.78. The highest BCUT2D eigenvalue weighted by Crippen LogP contribution is 2.32. The van der Waals surface area contributed by atoms with E-state index >= 15 is 0 Å². The van der Waals surface area contributed by atoms with Crippen molar-refractivity contribution in [3.8, 4) is 0 Å². The van der Waals surface area contributed by atoms with Crippen LogP contribution in [0.25, 0.3) is 0 Å². The van der Waals surface area contributed by atoms with E-state index in [1.807, 2.05) is 41.5 Å². The number of ketones is 3. The zero-order valence-electron chi connectivity index (χ0n) is 62.1. The topological polar surface area (TPSA) is 148 Å². The third kappa shape index (κ3) is 176. The maximum absolute atomic E-state index is 11.6. The Labute approximate surface area is 630 Å². The Kier molecular flexibility index (Phi) is 111. The molecule has 0 aromatic carbocycles. The number of carbonyl (C=O) groups is 6. The Morgan fingerprint density at radius 2 is 0.408 bits per heavy atom. The van der Waals surface area contributed by atoms with Gasteiger partial charge in [-0.05, 0) is 90.7 Å². The van der Waals surface area contributed by atoms with Crippen LogP contribution in [0.5, 0.6) is 0 Å². The number of carbonyl (C=O) groups excluding carboxylic acids is 6. The first-order valence-electron chi connectivity index (χ1n) is 31.5. The highest BCUT2D eigenvalue weighted by molar-refractivity contribution is 5.86. The first-order chi connectivity index (χ1) is 35.6. The standard InChI is InChI=1S/2C14H27NO2.C12H26O.C12H24O.C11H23NO.C9H20.16CH4/c2*1-13(2,3)9-11(16)7-8-12(17)15-10-14(4,5)6;1-11(2,3)7-9-13-10-8-12(4,5)6;1-11(2,3)8-7-10(13)9-12(4,5)6;1-10(2,3)7-9(13)12-8-11(4,5)6;1-8(2,3)7-9(4,5)6;;;;;;;;;;;;;;;;/h2*7-10H2,1-6H3,(H,15,17);7-10H2,1-6H3;7-9H2,1-6H3;7-8H2,1-6H3,(H,12,13);7H2,1-6H3;16*1H4. The Bertz CT molecular complexity index is 1620. The van der Waals surface area contributed by atoms with Crippen molar-refractivity contribution >= 4 is 35.1 Å². The second kappa shape index (κ2) is 68.8. The summed E-state index contributed by atoms with van der Waals surface area (Å²) in [7, 11) is 0. The first kappa shape index (κ1) is 158. The molecule has 3 N–H and O–H groups in total. The van der Waals surface area contributed by atoms with Crippen molar-refractivity contribution in [2.24, 2.45) is 65.0 Å². The molecule has 0 aromatic heterocycles. The maximum atomic E-state index is 11.6. The fraction of sp³-hybridized carbons (Fsp3) is 0.932. The summed E-state index contributed by atoms with van der Waals surface area (Å²) in [6.07, 6.45) is 9.05. The van der Waals surface area contributed by atoms with Gasteiger partial charge in [0, 0.05) is 90.6 Å². The quantitative estimate of drug-likeness (QED) is 0.109. The summed E-state index contributed by atoms with van der Waals surface area (Å²) >= 11 is 0. The molecule has 0 bridgehead atoms. The summed E-state index contributed by atoms with van der Waals surface area (Å²) in [6.45, 7) is 81.1. The number of amides is 3. The number of rotatable bonds is 19. The van der Waals surface area contributed by atoms with Crippen LogP contribution in [0.2, 0.25) is 0 Å². The smallest absolute Gasteiger partial charge is 0.220 e. The molecule has 98 heavy (non-hydrogen) atoms. The van der Waals surface area contributed by atoms with E-state index in [1.54, 1.807) is 0 Å². The van der Waals surface area contributed by atoms with E-state index in [1.165, 1.54) is 6.42 Å². The van der Waals surface area contributed by atoms with E-state index in [0.717, 1.165) is 45.4 Å². The van der Waals surface area contributed by atoms with Crippen LogP contribution in [0.4, 0.5) is 0 Å². The number of Topliss-reactive ketones (excluding diaryl/α,β-unsaturated/α-hetero) is 3. The monoisotopic (exact) mass is 1420 g/mol. The van der Waals surface area contributed by atoms with Gasteiger partial charge >= 0.3 is 0 Å². The van der Waals surface area contributed by atoms with Crippen LogP contribution in [0, 0.1) is 65.0 Å². The SMILES string of the molecule is C.C.C.C.C.C.C.C.C.C.C.C.C.C.C.C.CC(C)(C)CC(C)(C)C.CC(C)(C)CCC(=O)CC(C)(C)C.CC(C)(C)CCOCCC(C)(C)C.CC(C)(C)CNC(=O)CC(C)(C)C.CC(C)(C)CNC(=O)CCC(=O)CC(C)(C)C.CC(C)(C)CNC(=O)CCC(=O)CC(C)(C)C. The normalized spacial score (nSPS) is 10.8. The minimum atomic E-state index is -0.0258. The van der Waals surface area contributed by atoms with Crippen LogP contribution in [0.15, 0.2) is 0 Å². The minimum Gasteiger partial charge on any atom is -0.381 e. The molecule has 0 aliphatic rings. The van der Waals surface area contributed by atoms with Gasteiger partial charge in [0.1, 0.15) is 17.3 Å². The van der Waals surface area contributed by atoms with Crippen LogP contribution in [-0.2, 0) is 33.5 Å². The van der Waals surface area contributed by atoms with Crippen LogP contribution < -0.4 is 16.0 Å². The second-order valence-corrected chi connectivity index (χ2v) is 38.2. The zero-order valence-corrected chi connectivity index (χ0v) is 62.1. The van der Waals surface area contributed by atoms with E-state index < -0.39 is 0 Å². The van der Waals surface area contributed by atoms with Gasteiger partial charge in [-0.15, -0.1) is 0 Å². The van der Waals surface area contributed by atoms with Gasteiger partial charge < -0.3 is 20.7 Å². The number of hydrogen-bond donors (Lipinski definition) is 3. The lowest BCUT2D eigenvalue weighted by molar-refractivity contribution is -0.126. The van der Waals surface area contributed by atoms with Gasteiger partial charge in [-0.1, -0.05) is 368 Å². The van der Waals surface area contributed by atoms with Gasteiger partial charge in [-0.3, -0.25) is 28.8 Å². The number of nitrogens with one attached hydrogen (secondary N) is 3. The molecule has 10 heteroatoms. The van der Waals surface area contributed by atoms with Gasteiger partial charge in [0.15, 0.2) is 0 Å². The van der Waals surface area contributed by atoms with Gasteiger partial charge in [0.05, 0.1) is 0 Å². The van der Waals surface area contributed by atoms with Gasteiger partial charge in [-0.25, -0.2) is 0 Å². The number of hydrogen-bond acceptors (Lipinski definition) is 7. The summed E-state index contributed by atoms with van der Waals surface area (Å²) in [6, 6.07) is 0. The summed E-state index contributed by atoms with van der Waals surface area (Å²) in [5.41, 5.74) is 2.67. The molecule has 0 aliphatic heterocycles. The molecule has 0 aliphatic carbocycles. The highest BCUT2D eigenvalue weighted by atomic mass is 16.5. The Morgan fingerprint density at radius 3 is 0.571 bits per heavy atom. The van der Waals surface area contributed by atoms with Gasteiger partial charge in [0.2, 0.25) is 17.7 Å². The minimum absolute atomic E-state index is 0. The van der Waals surface area contributed by atoms with Crippen molar-refractivity contribution in [1.29, 1.82) is 0 Å². The molecule has 0 saturated heterocycles. The van der Waals surface area contributed by atoms with Crippen LogP contribution in [0.1, 0.15) is 452 Å². The molecule has 0 unspecified atom stereocenters. The molecule has 0 saturated carbocycles. The lowest BCUT2D eigenvalue weighted by Gasteiger charge is -2.28. The molecule has 0 aromatic rings. The molecule has 0 atom stereocenters. The molecule has 0 spiro atoms. The largest absolute Gasteiger partial charge is 0.381 e. The average Bonchev–Trinajstić information content (AvgIpc) is 3.14. The molecular weight excluding hydrogens is 1210 g/mol. The summed E-state index contributed by atoms with van der Waals surface area (Å²) in [4.78, 5) is 69.1. The van der Waals surface area contributed by atoms with Crippen molar-refractivity contribution in [2.45, 2.75) is 452 Å². The maximum Gasteiger partial charge on any atom is 0.220 e. The molecule has 0 heterocycles. The third-order valence-electron chi connectivity index (χ3n) is 10.8. The van der Waals surface area contributed by atoms with E-state index in [4.69, 9.17) is 4.74 Å². The Balaban J connectivity index is -0.0000000345. The Morgan fingerprint density at radius 1 is 0.214 bits per heavy atom. The predicted octanol–water partition coefficient (Wildman–Crippen LogP) is 29.8. The van der Waals surface area contributed by atoms with Gasteiger partial charge in [0.25, 0.3) is 0 Å². The first-order valence-corrected chi connectivity index (χ1v) is 31.5. The van der Waals surface area contributed by atoms with E-state index in [-0.39, 0.29) is 191 Å². The van der Waals surface area contributed by atoms with Crippen LogP contribution in [0.3, 0.4) is 0 Å². The van der Waals surface area contributed by atoms with E-state index in [2.05, 4.69) is 224 Å². The van der Waals surface area contributed by atoms with E-state index in [0.29, 0.717) is 91.9 Å². The third-order valence-corrected chi connectivity index (χ3v) is 10.8. The fourth-order valence-corrected chi connectivity index (χ4v) is 7.32. The molecule has 0 radical (unpaired) electrons. The molecular formula is C88H211N3O7. The van der Waals surface area contributed by atoms with Gasteiger partial charge in [-0.2, -0.15) is 0 Å². The molecule has 10 nitrogen and oxygen atoms in total. The fourth-order valence-electron chi connectivity index (χ4n) is 7.32. The van der Waals surface area contributed by atoms with Crippen molar-refractivity contribution in [3.63, 3.8) is 0 Å². The number of ether oxygens (including phenoxy) is 1. The van der Waals surface area contributed by atoms with Crippen molar-refractivity contribution in [2.75, 3.05) is 32.8 Å². The van der Waals surface area contributed by atoms with Crippen LogP contribution in [-0.4, -0.2) is 67.9 Å². The van der Waals surface area contributed by atoms with Crippen LogP contribution >= 0.6 is 0 Å². The summed E-state index contributed by atoms with van der Waals surface area (Å²) < 4.78 is 5.59. The van der Waals surface area contributed by atoms with E-state index in [9.17, 15) is 28.8 Å². The summed E-state index contributed by atoms with van der Waals surface area (Å²) in [5, 5.41) is 8.64. The summed E-state index contributed by atoms with van der Waals surface area (Å²) in [5.74, 6) is 0.848. The average molecular weight is 1420 g/mol.